The van der Waals surface area contributed by atoms with Crippen LogP contribution in [0, 0.1) is 0 Å². The topological polar surface area (TPSA) is 80.3 Å². The van der Waals surface area contributed by atoms with Crippen LogP contribution in [0.15, 0.2) is 58.3 Å². The van der Waals surface area contributed by atoms with Crippen molar-refractivity contribution in [1.82, 2.24) is 25.6 Å². The average molecular weight is 380 g/mol. The van der Waals surface area contributed by atoms with Crippen molar-refractivity contribution >= 4 is 5.96 Å². The Balaban J connectivity index is 1.56. The van der Waals surface area contributed by atoms with E-state index in [1.807, 2.05) is 48.3 Å². The molecule has 0 aliphatic rings. The predicted octanol–water partition coefficient (Wildman–Crippen LogP) is 3.30. The third kappa shape index (κ3) is 5.70. The third-order valence-electron chi connectivity index (χ3n) is 4.24. The zero-order valence-electron chi connectivity index (χ0n) is 16.7. The molecule has 0 radical (unpaired) electrons. The van der Waals surface area contributed by atoms with Gasteiger partial charge in [-0.3, -0.25) is 4.68 Å². The third-order valence-corrected chi connectivity index (χ3v) is 4.24. The first-order chi connectivity index (χ1) is 13.6. The number of nitrogens with one attached hydrogen (secondary N) is 2. The maximum atomic E-state index is 5.37. The Morgan fingerprint density at radius 2 is 2.00 bits per heavy atom. The molecule has 0 amide bonds. The molecule has 0 unspecified atom stereocenters. The predicted molar refractivity (Wildman–Crippen MR) is 110 cm³/mol. The normalized spacial score (nSPS) is 11.8. The maximum Gasteiger partial charge on any atom is 0.191 e. The quantitative estimate of drug-likeness (QED) is 0.463. The monoisotopic (exact) mass is 380 g/mol. The summed E-state index contributed by atoms with van der Waals surface area (Å²) < 4.78 is 7.30. The Labute approximate surface area is 165 Å². The van der Waals surface area contributed by atoms with Gasteiger partial charge < -0.3 is 15.2 Å². The minimum Gasteiger partial charge on any atom is -0.359 e. The molecule has 3 rings (SSSR count). The Kier molecular flexibility index (Phi) is 6.84. The zero-order valence-corrected chi connectivity index (χ0v) is 16.7. The lowest BCUT2D eigenvalue weighted by Gasteiger charge is -2.09. The first-order valence-corrected chi connectivity index (χ1v) is 9.67. The molecule has 148 valence electrons. The molecule has 0 aliphatic heterocycles. The highest BCUT2D eigenvalue weighted by molar-refractivity contribution is 5.79. The van der Waals surface area contributed by atoms with Crippen molar-refractivity contribution in [3.63, 3.8) is 0 Å². The highest BCUT2D eigenvalue weighted by atomic mass is 16.5. The number of hydrogen-bond donors (Lipinski definition) is 2. The van der Waals surface area contributed by atoms with Gasteiger partial charge in [0.25, 0.3) is 0 Å². The Morgan fingerprint density at radius 1 is 1.18 bits per heavy atom. The Bertz CT molecular complexity index is 881. The number of guanidine groups is 1. The molecule has 7 heteroatoms. The lowest BCUT2D eigenvalue weighted by molar-refractivity contribution is 0.372. The SMILES string of the molecule is CCNC(=NCc1cnn(Cc2ccccc2)c1)NCc1cc(C(C)C)no1. The van der Waals surface area contributed by atoms with Crippen LogP contribution in [0.5, 0.6) is 0 Å². The fourth-order valence-electron chi connectivity index (χ4n) is 2.71. The van der Waals surface area contributed by atoms with Crippen molar-refractivity contribution in [2.24, 2.45) is 4.99 Å². The van der Waals surface area contributed by atoms with Gasteiger partial charge in [0, 0.05) is 24.4 Å². The van der Waals surface area contributed by atoms with Crippen molar-refractivity contribution in [2.45, 2.75) is 46.3 Å². The van der Waals surface area contributed by atoms with E-state index in [-0.39, 0.29) is 0 Å². The number of rotatable bonds is 8. The first kappa shape index (κ1) is 19.7. The van der Waals surface area contributed by atoms with Gasteiger partial charge in [0.05, 0.1) is 31.5 Å². The Morgan fingerprint density at radius 3 is 2.71 bits per heavy atom. The molecule has 0 bridgehead atoms. The minimum absolute atomic E-state index is 0.354. The van der Waals surface area contributed by atoms with Crippen LogP contribution in [0.4, 0.5) is 0 Å². The second-order valence-electron chi connectivity index (χ2n) is 6.95. The van der Waals surface area contributed by atoms with Gasteiger partial charge in [-0.1, -0.05) is 49.3 Å². The van der Waals surface area contributed by atoms with Gasteiger partial charge in [-0.05, 0) is 18.4 Å². The van der Waals surface area contributed by atoms with E-state index in [0.29, 0.717) is 19.0 Å². The molecule has 0 spiro atoms. The smallest absolute Gasteiger partial charge is 0.191 e. The summed E-state index contributed by atoms with van der Waals surface area (Å²) in [6.07, 6.45) is 3.90. The molecular weight excluding hydrogens is 352 g/mol. The maximum absolute atomic E-state index is 5.37. The van der Waals surface area contributed by atoms with Crippen LogP contribution >= 0.6 is 0 Å². The van der Waals surface area contributed by atoms with E-state index in [1.54, 1.807) is 0 Å². The van der Waals surface area contributed by atoms with Crippen LogP contribution in [-0.2, 0) is 19.6 Å². The van der Waals surface area contributed by atoms with Crippen LogP contribution < -0.4 is 10.6 Å². The second-order valence-corrected chi connectivity index (χ2v) is 6.95. The molecule has 1 aromatic carbocycles. The van der Waals surface area contributed by atoms with Gasteiger partial charge in [0.15, 0.2) is 11.7 Å². The van der Waals surface area contributed by atoms with Crippen LogP contribution in [0.25, 0.3) is 0 Å². The number of hydrogen-bond acceptors (Lipinski definition) is 4. The molecule has 2 aromatic heterocycles. The summed E-state index contributed by atoms with van der Waals surface area (Å²) in [5, 5.41) is 15.0. The van der Waals surface area contributed by atoms with Gasteiger partial charge in [0.1, 0.15) is 0 Å². The van der Waals surface area contributed by atoms with Gasteiger partial charge in [-0.2, -0.15) is 5.10 Å². The molecule has 2 heterocycles. The van der Waals surface area contributed by atoms with E-state index in [1.165, 1.54) is 5.56 Å². The lowest BCUT2D eigenvalue weighted by Crippen LogP contribution is -2.36. The molecule has 0 saturated heterocycles. The summed E-state index contributed by atoms with van der Waals surface area (Å²) in [5.74, 6) is 1.89. The Hall–Kier alpha value is -3.09. The summed E-state index contributed by atoms with van der Waals surface area (Å²) in [6, 6.07) is 12.3. The summed E-state index contributed by atoms with van der Waals surface area (Å²) in [7, 11) is 0. The van der Waals surface area contributed by atoms with E-state index in [0.717, 1.165) is 36.1 Å². The van der Waals surface area contributed by atoms with Crippen molar-refractivity contribution in [3.05, 3.63) is 71.4 Å². The van der Waals surface area contributed by atoms with Crippen LogP contribution in [-0.4, -0.2) is 27.4 Å². The van der Waals surface area contributed by atoms with Gasteiger partial charge in [0.2, 0.25) is 0 Å². The van der Waals surface area contributed by atoms with E-state index < -0.39 is 0 Å². The molecule has 0 fully saturated rings. The molecule has 0 atom stereocenters. The summed E-state index contributed by atoms with van der Waals surface area (Å²) >= 11 is 0. The minimum atomic E-state index is 0.354. The van der Waals surface area contributed by atoms with Gasteiger partial charge in [-0.25, -0.2) is 4.99 Å². The van der Waals surface area contributed by atoms with E-state index in [9.17, 15) is 0 Å². The number of aliphatic imine (C=N–C) groups is 1. The largest absolute Gasteiger partial charge is 0.359 e. The van der Waals surface area contributed by atoms with Crippen molar-refractivity contribution in [3.8, 4) is 0 Å². The molecule has 7 nitrogen and oxygen atoms in total. The highest BCUT2D eigenvalue weighted by Gasteiger charge is 2.08. The van der Waals surface area contributed by atoms with Crippen LogP contribution in [0.3, 0.4) is 0 Å². The van der Waals surface area contributed by atoms with E-state index in [2.05, 4.69) is 51.9 Å². The van der Waals surface area contributed by atoms with Crippen LogP contribution in [0.2, 0.25) is 0 Å². The van der Waals surface area contributed by atoms with E-state index in [4.69, 9.17) is 4.52 Å². The van der Waals surface area contributed by atoms with E-state index >= 15 is 0 Å². The summed E-state index contributed by atoms with van der Waals surface area (Å²) in [4.78, 5) is 4.64. The molecule has 0 aliphatic carbocycles. The zero-order chi connectivity index (χ0) is 19.8. The fourth-order valence-corrected chi connectivity index (χ4v) is 2.71. The number of nitrogens with zero attached hydrogens (tertiary/aromatic N) is 4. The summed E-state index contributed by atoms with van der Waals surface area (Å²) in [6.45, 7) is 8.87. The highest BCUT2D eigenvalue weighted by Crippen LogP contribution is 2.13. The van der Waals surface area contributed by atoms with Crippen LogP contribution in [0.1, 0.15) is 49.3 Å². The second kappa shape index (κ2) is 9.73. The van der Waals surface area contributed by atoms with Crippen molar-refractivity contribution in [1.29, 1.82) is 0 Å². The van der Waals surface area contributed by atoms with Gasteiger partial charge in [-0.15, -0.1) is 0 Å². The number of aromatic nitrogens is 3. The molecule has 3 aromatic rings. The average Bonchev–Trinajstić information content (AvgIpc) is 3.34. The first-order valence-electron chi connectivity index (χ1n) is 9.67. The van der Waals surface area contributed by atoms with Crippen molar-refractivity contribution < 1.29 is 4.52 Å². The standard InChI is InChI=1S/C21H28N6O/c1-4-22-21(24-13-19-10-20(16(2)3)26-28-19)23-11-18-12-25-27(15-18)14-17-8-6-5-7-9-17/h5-10,12,15-16H,4,11,13-14H2,1-3H3,(H2,22,23,24). The van der Waals surface area contributed by atoms with Crippen molar-refractivity contribution in [2.75, 3.05) is 6.54 Å². The summed E-state index contributed by atoms with van der Waals surface area (Å²) in [5.41, 5.74) is 3.25. The molecule has 28 heavy (non-hydrogen) atoms. The molecule has 2 N–H and O–H groups in total. The number of benzene rings is 1. The lowest BCUT2D eigenvalue weighted by atomic mass is 10.1. The fraction of sp³-hybridized carbons (Fsp3) is 0.381. The molecular formula is C21H28N6O. The molecule has 0 saturated carbocycles. The van der Waals surface area contributed by atoms with Gasteiger partial charge >= 0.3 is 0 Å².